The van der Waals surface area contributed by atoms with Crippen molar-refractivity contribution in [3.05, 3.63) is 35.4 Å². The highest BCUT2D eigenvalue weighted by atomic mass is 19.1. The first-order chi connectivity index (χ1) is 11.4. The second-order valence-corrected chi connectivity index (χ2v) is 5.33. The fourth-order valence-corrected chi connectivity index (χ4v) is 2.08. The highest BCUT2D eigenvalue weighted by molar-refractivity contribution is 5.96. The van der Waals surface area contributed by atoms with E-state index in [2.05, 4.69) is 26.8 Å². The first-order valence-corrected chi connectivity index (χ1v) is 7.33. The maximum atomic E-state index is 13.0. The van der Waals surface area contributed by atoms with Crippen molar-refractivity contribution < 1.29 is 18.4 Å². The molecule has 1 aromatic rings. The summed E-state index contributed by atoms with van der Waals surface area (Å²) in [6.45, 7) is 0.0312. The van der Waals surface area contributed by atoms with E-state index in [1.165, 1.54) is 0 Å². The Bertz CT molecular complexity index is 686. The maximum Gasteiger partial charge on any atom is 0.251 e. The molecule has 0 saturated carbocycles. The largest absolute Gasteiger partial charge is 0.354 e. The molecular formula is C16H16F2N4O2. The molecule has 126 valence electrons. The summed E-state index contributed by atoms with van der Waals surface area (Å²) in [6, 6.07) is 2.44. The lowest BCUT2D eigenvalue weighted by Crippen LogP contribution is -2.38. The molecule has 2 amide bonds. The van der Waals surface area contributed by atoms with Gasteiger partial charge >= 0.3 is 0 Å². The van der Waals surface area contributed by atoms with E-state index in [0.29, 0.717) is 31.9 Å². The molecule has 0 saturated heterocycles. The zero-order chi connectivity index (χ0) is 17.6. The molecule has 0 unspecified atom stereocenters. The predicted molar refractivity (Wildman–Crippen MR) is 82.0 cm³/mol. The van der Waals surface area contributed by atoms with Crippen LogP contribution in [0.3, 0.4) is 0 Å². The normalized spacial score (nSPS) is 13.9. The zero-order valence-corrected chi connectivity index (χ0v) is 12.8. The van der Waals surface area contributed by atoms with Gasteiger partial charge in [-0.3, -0.25) is 9.59 Å². The standard InChI is InChI=1S/C16H16F2N4O2/c1-2-3-4-16(21-22-16)5-6-19-14(23)10-20-15(24)11-7-12(17)9-13(18)8-11/h1,7-9H,3-6,10H2,(H,19,23)(H,20,24). The van der Waals surface area contributed by atoms with E-state index in [4.69, 9.17) is 6.42 Å². The topological polar surface area (TPSA) is 82.9 Å². The molecule has 0 aromatic heterocycles. The molecule has 8 heteroatoms. The van der Waals surface area contributed by atoms with E-state index in [-0.39, 0.29) is 12.1 Å². The van der Waals surface area contributed by atoms with E-state index in [1.54, 1.807) is 0 Å². The van der Waals surface area contributed by atoms with Crippen LogP contribution in [0.25, 0.3) is 0 Å². The predicted octanol–water partition coefficient (Wildman–Crippen LogP) is 1.78. The van der Waals surface area contributed by atoms with Crippen LogP contribution in [-0.4, -0.2) is 30.6 Å². The van der Waals surface area contributed by atoms with Gasteiger partial charge in [0, 0.05) is 37.4 Å². The second-order valence-electron chi connectivity index (χ2n) is 5.33. The molecule has 1 aliphatic heterocycles. The van der Waals surface area contributed by atoms with Crippen LogP contribution >= 0.6 is 0 Å². The highest BCUT2D eigenvalue weighted by Gasteiger charge is 2.38. The Balaban J connectivity index is 1.69. The van der Waals surface area contributed by atoms with Crippen molar-refractivity contribution in [3.8, 4) is 12.3 Å². The summed E-state index contributed by atoms with van der Waals surface area (Å²) < 4.78 is 26.1. The number of rotatable bonds is 8. The molecule has 0 atom stereocenters. The van der Waals surface area contributed by atoms with Crippen molar-refractivity contribution in [2.24, 2.45) is 10.2 Å². The van der Waals surface area contributed by atoms with Crippen molar-refractivity contribution in [1.29, 1.82) is 0 Å². The van der Waals surface area contributed by atoms with Gasteiger partial charge in [-0.1, -0.05) is 0 Å². The summed E-state index contributed by atoms with van der Waals surface area (Å²) in [4.78, 5) is 23.4. The first-order valence-electron chi connectivity index (χ1n) is 7.33. The first kappa shape index (κ1) is 17.5. The van der Waals surface area contributed by atoms with Gasteiger partial charge in [0.25, 0.3) is 5.91 Å². The fraction of sp³-hybridized carbons (Fsp3) is 0.375. The lowest BCUT2D eigenvalue weighted by Gasteiger charge is -2.10. The lowest BCUT2D eigenvalue weighted by molar-refractivity contribution is -0.120. The molecular weight excluding hydrogens is 318 g/mol. The Morgan fingerprint density at radius 3 is 2.38 bits per heavy atom. The van der Waals surface area contributed by atoms with Crippen LogP contribution in [0, 0.1) is 24.0 Å². The van der Waals surface area contributed by atoms with Gasteiger partial charge in [-0.2, -0.15) is 10.2 Å². The van der Waals surface area contributed by atoms with Crippen LogP contribution in [0.1, 0.15) is 29.6 Å². The zero-order valence-electron chi connectivity index (χ0n) is 12.8. The number of nitrogens with zero attached hydrogens (tertiary/aromatic N) is 2. The minimum atomic E-state index is -0.862. The third-order valence-corrected chi connectivity index (χ3v) is 3.43. The molecule has 2 N–H and O–H groups in total. The van der Waals surface area contributed by atoms with Crippen LogP contribution in [0.15, 0.2) is 28.4 Å². The fourth-order valence-electron chi connectivity index (χ4n) is 2.08. The second kappa shape index (κ2) is 7.64. The average molecular weight is 334 g/mol. The Labute approximate surface area is 137 Å². The number of terminal acetylenes is 1. The number of carbonyl (C=O) groups excluding carboxylic acids is 2. The number of amides is 2. The van der Waals surface area contributed by atoms with E-state index < -0.39 is 29.1 Å². The molecule has 2 rings (SSSR count). The molecule has 1 aromatic carbocycles. The van der Waals surface area contributed by atoms with Crippen molar-refractivity contribution >= 4 is 11.8 Å². The number of hydrogen-bond acceptors (Lipinski definition) is 4. The van der Waals surface area contributed by atoms with Gasteiger partial charge in [0.1, 0.15) is 11.6 Å². The number of halogens is 2. The number of hydrogen-bond donors (Lipinski definition) is 2. The quantitative estimate of drug-likeness (QED) is 0.710. The Hall–Kier alpha value is -2.82. The third kappa shape index (κ3) is 5.12. The molecule has 6 nitrogen and oxygen atoms in total. The summed E-state index contributed by atoms with van der Waals surface area (Å²) in [5, 5.41) is 12.8. The maximum absolute atomic E-state index is 13.0. The van der Waals surface area contributed by atoms with Crippen molar-refractivity contribution in [1.82, 2.24) is 10.6 Å². The summed E-state index contributed by atoms with van der Waals surface area (Å²) in [7, 11) is 0. The summed E-state index contributed by atoms with van der Waals surface area (Å²) in [5.41, 5.74) is -0.675. The Kier molecular flexibility index (Phi) is 5.58. The molecule has 0 fully saturated rings. The van der Waals surface area contributed by atoms with E-state index in [9.17, 15) is 18.4 Å². The highest BCUT2D eigenvalue weighted by Crippen LogP contribution is 2.35. The van der Waals surface area contributed by atoms with Gasteiger partial charge in [-0.05, 0) is 12.1 Å². The number of nitrogens with one attached hydrogen (secondary N) is 2. The third-order valence-electron chi connectivity index (χ3n) is 3.43. The summed E-state index contributed by atoms with van der Waals surface area (Å²) in [6.07, 6.45) is 6.91. The molecule has 1 heterocycles. The lowest BCUT2D eigenvalue weighted by atomic mass is 10.0. The molecule has 24 heavy (non-hydrogen) atoms. The van der Waals surface area contributed by atoms with Crippen LogP contribution in [0.5, 0.6) is 0 Å². The Morgan fingerprint density at radius 1 is 1.12 bits per heavy atom. The SMILES string of the molecule is C#CCCC1(CCNC(=O)CNC(=O)c2cc(F)cc(F)c2)N=N1. The van der Waals surface area contributed by atoms with Gasteiger partial charge in [0.2, 0.25) is 5.91 Å². The molecule has 0 aliphatic carbocycles. The van der Waals surface area contributed by atoms with E-state index in [0.717, 1.165) is 12.1 Å². The molecule has 1 aliphatic rings. The summed E-state index contributed by atoms with van der Waals surface area (Å²) in [5.74, 6) is -0.372. The Morgan fingerprint density at radius 2 is 1.79 bits per heavy atom. The minimum Gasteiger partial charge on any atom is -0.354 e. The van der Waals surface area contributed by atoms with Crippen molar-refractivity contribution in [2.75, 3.05) is 13.1 Å². The van der Waals surface area contributed by atoms with Crippen LogP contribution in [-0.2, 0) is 4.79 Å². The number of carbonyl (C=O) groups is 2. The monoisotopic (exact) mass is 334 g/mol. The average Bonchev–Trinajstić information content (AvgIpc) is 3.30. The smallest absolute Gasteiger partial charge is 0.251 e. The van der Waals surface area contributed by atoms with Gasteiger partial charge in [-0.25, -0.2) is 8.78 Å². The minimum absolute atomic E-state index is 0.191. The van der Waals surface area contributed by atoms with Gasteiger partial charge in [-0.15, -0.1) is 12.3 Å². The van der Waals surface area contributed by atoms with Crippen molar-refractivity contribution in [2.45, 2.75) is 24.9 Å². The molecule has 0 bridgehead atoms. The van der Waals surface area contributed by atoms with Crippen LogP contribution in [0.2, 0.25) is 0 Å². The van der Waals surface area contributed by atoms with Gasteiger partial charge < -0.3 is 10.6 Å². The molecule has 0 radical (unpaired) electrons. The molecule has 0 spiro atoms. The van der Waals surface area contributed by atoms with Crippen molar-refractivity contribution in [3.63, 3.8) is 0 Å². The van der Waals surface area contributed by atoms with E-state index >= 15 is 0 Å². The van der Waals surface area contributed by atoms with Gasteiger partial charge in [0.15, 0.2) is 5.66 Å². The van der Waals surface area contributed by atoms with E-state index in [1.807, 2.05) is 0 Å². The van der Waals surface area contributed by atoms with Crippen LogP contribution in [0.4, 0.5) is 8.78 Å². The summed E-state index contributed by atoms with van der Waals surface area (Å²) >= 11 is 0. The number of benzene rings is 1. The van der Waals surface area contributed by atoms with Gasteiger partial charge in [0.05, 0.1) is 6.54 Å². The van der Waals surface area contributed by atoms with Crippen LogP contribution < -0.4 is 10.6 Å².